The van der Waals surface area contributed by atoms with Crippen LogP contribution >= 0.6 is 11.3 Å². The molecule has 120 valence electrons. The number of ketones is 1. The van der Waals surface area contributed by atoms with Gasteiger partial charge in [-0.25, -0.2) is 4.98 Å². The van der Waals surface area contributed by atoms with E-state index in [0.717, 1.165) is 26.1 Å². The van der Waals surface area contributed by atoms with E-state index >= 15 is 0 Å². The Bertz CT molecular complexity index is 720. The maximum atomic E-state index is 12.6. The van der Waals surface area contributed by atoms with E-state index < -0.39 is 0 Å². The van der Waals surface area contributed by atoms with Crippen LogP contribution in [0, 0.1) is 0 Å². The minimum absolute atomic E-state index is 0.0168. The zero-order chi connectivity index (χ0) is 16.2. The molecule has 1 aliphatic heterocycles. The number of nitrogens with zero attached hydrogens (tertiary/aromatic N) is 2. The predicted molar refractivity (Wildman–Crippen MR) is 89.8 cm³/mol. The average Bonchev–Trinajstić information content (AvgIpc) is 2.89. The van der Waals surface area contributed by atoms with Gasteiger partial charge in [0.2, 0.25) is 5.78 Å². The Balaban J connectivity index is 1.78. The van der Waals surface area contributed by atoms with E-state index in [-0.39, 0.29) is 17.5 Å². The molecule has 0 saturated carbocycles. The highest BCUT2D eigenvalue weighted by Gasteiger charge is 2.21. The van der Waals surface area contributed by atoms with Crippen LogP contribution in [0.4, 0.5) is 5.82 Å². The van der Waals surface area contributed by atoms with Crippen molar-refractivity contribution in [2.24, 2.45) is 0 Å². The summed E-state index contributed by atoms with van der Waals surface area (Å²) in [7, 11) is 0. The van der Waals surface area contributed by atoms with E-state index in [1.165, 1.54) is 11.3 Å². The van der Waals surface area contributed by atoms with Crippen LogP contribution in [-0.2, 0) is 0 Å². The molecule has 2 aromatic heterocycles. The fourth-order valence-corrected chi connectivity index (χ4v) is 3.45. The fraction of sp³-hybridized carbons (Fsp3) is 0.312. The van der Waals surface area contributed by atoms with Gasteiger partial charge in [0.25, 0.3) is 5.91 Å². The topological polar surface area (TPSA) is 88.3 Å². The molecule has 0 atom stereocenters. The van der Waals surface area contributed by atoms with Crippen molar-refractivity contribution in [1.29, 1.82) is 0 Å². The van der Waals surface area contributed by atoms with Crippen molar-refractivity contribution in [3.63, 3.8) is 0 Å². The Morgan fingerprint density at radius 3 is 2.83 bits per heavy atom. The first-order valence-electron chi connectivity index (χ1n) is 7.52. The Hall–Kier alpha value is -2.25. The number of carbonyl (C=O) groups is 2. The maximum Gasteiger partial charge on any atom is 0.263 e. The molecule has 23 heavy (non-hydrogen) atoms. The van der Waals surface area contributed by atoms with Crippen LogP contribution in [0.25, 0.3) is 0 Å². The number of amides is 1. The zero-order valence-electron chi connectivity index (χ0n) is 12.6. The molecule has 0 spiro atoms. The van der Waals surface area contributed by atoms with Crippen LogP contribution in [0.15, 0.2) is 30.5 Å². The SMILES string of the molecule is Nc1ncccc1C(=O)c1ccc(C(=O)N2CCCNCC2)s1. The van der Waals surface area contributed by atoms with E-state index in [0.29, 0.717) is 21.9 Å². The molecule has 0 radical (unpaired) electrons. The van der Waals surface area contributed by atoms with Crippen LogP contribution in [0.3, 0.4) is 0 Å². The largest absolute Gasteiger partial charge is 0.383 e. The van der Waals surface area contributed by atoms with Gasteiger partial charge in [-0.15, -0.1) is 11.3 Å². The average molecular weight is 330 g/mol. The molecule has 1 amide bonds. The van der Waals surface area contributed by atoms with Crippen molar-refractivity contribution in [2.45, 2.75) is 6.42 Å². The first kappa shape index (κ1) is 15.6. The summed E-state index contributed by atoms with van der Waals surface area (Å²) in [5, 5.41) is 3.27. The molecular formula is C16H18N4O2S. The molecule has 7 heteroatoms. The summed E-state index contributed by atoms with van der Waals surface area (Å²) >= 11 is 1.21. The second-order valence-electron chi connectivity index (χ2n) is 5.32. The summed E-state index contributed by atoms with van der Waals surface area (Å²) in [4.78, 5) is 31.9. The molecule has 1 saturated heterocycles. The van der Waals surface area contributed by atoms with Crippen LogP contribution in [0.1, 0.15) is 31.3 Å². The second-order valence-corrected chi connectivity index (χ2v) is 6.41. The molecule has 3 N–H and O–H groups in total. The number of aromatic nitrogens is 1. The number of carbonyl (C=O) groups excluding carboxylic acids is 2. The molecule has 2 aromatic rings. The van der Waals surface area contributed by atoms with Gasteiger partial charge in [0.15, 0.2) is 0 Å². The first-order chi connectivity index (χ1) is 11.2. The number of hydrogen-bond acceptors (Lipinski definition) is 6. The highest BCUT2D eigenvalue weighted by molar-refractivity contribution is 7.16. The third-order valence-corrected chi connectivity index (χ3v) is 4.82. The smallest absolute Gasteiger partial charge is 0.263 e. The van der Waals surface area contributed by atoms with Gasteiger partial charge in [-0.2, -0.15) is 0 Å². The summed E-state index contributed by atoms with van der Waals surface area (Å²) in [6.07, 6.45) is 2.48. The van der Waals surface area contributed by atoms with Gasteiger partial charge < -0.3 is 16.0 Å². The summed E-state index contributed by atoms with van der Waals surface area (Å²) in [6.45, 7) is 3.16. The van der Waals surface area contributed by atoms with Gasteiger partial charge in [-0.3, -0.25) is 9.59 Å². The van der Waals surface area contributed by atoms with E-state index in [2.05, 4.69) is 10.3 Å². The van der Waals surface area contributed by atoms with Gasteiger partial charge in [0.05, 0.1) is 15.3 Å². The Morgan fingerprint density at radius 2 is 2.00 bits per heavy atom. The molecule has 1 fully saturated rings. The van der Waals surface area contributed by atoms with Crippen LogP contribution < -0.4 is 11.1 Å². The van der Waals surface area contributed by atoms with Crippen molar-refractivity contribution in [2.75, 3.05) is 31.9 Å². The molecule has 6 nitrogen and oxygen atoms in total. The Morgan fingerprint density at radius 1 is 1.17 bits per heavy atom. The van der Waals surface area contributed by atoms with Gasteiger partial charge in [-0.05, 0) is 37.2 Å². The van der Waals surface area contributed by atoms with Crippen molar-refractivity contribution in [3.8, 4) is 0 Å². The van der Waals surface area contributed by atoms with Gasteiger partial charge in [0.1, 0.15) is 5.82 Å². The van der Waals surface area contributed by atoms with Gasteiger partial charge in [0, 0.05) is 25.8 Å². The number of rotatable bonds is 3. The van der Waals surface area contributed by atoms with Gasteiger partial charge in [-0.1, -0.05) is 0 Å². The highest BCUT2D eigenvalue weighted by Crippen LogP contribution is 2.23. The molecule has 0 unspecified atom stereocenters. The molecule has 0 bridgehead atoms. The van der Waals surface area contributed by atoms with Crippen molar-refractivity contribution in [3.05, 3.63) is 45.8 Å². The predicted octanol–water partition coefficient (Wildman–Crippen LogP) is 1.39. The molecule has 3 heterocycles. The molecule has 1 aliphatic rings. The van der Waals surface area contributed by atoms with Crippen LogP contribution in [0.5, 0.6) is 0 Å². The lowest BCUT2D eigenvalue weighted by molar-refractivity contribution is 0.0771. The van der Waals surface area contributed by atoms with E-state index in [1.54, 1.807) is 30.5 Å². The van der Waals surface area contributed by atoms with E-state index in [4.69, 9.17) is 5.73 Å². The summed E-state index contributed by atoms with van der Waals surface area (Å²) < 4.78 is 0. The van der Waals surface area contributed by atoms with Crippen LogP contribution in [-0.4, -0.2) is 47.8 Å². The first-order valence-corrected chi connectivity index (χ1v) is 8.33. The lowest BCUT2D eigenvalue weighted by Crippen LogP contribution is -2.33. The lowest BCUT2D eigenvalue weighted by atomic mass is 10.1. The molecule has 3 rings (SSSR count). The summed E-state index contributed by atoms with van der Waals surface area (Å²) in [5.74, 6) is -0.00791. The maximum absolute atomic E-state index is 12.6. The van der Waals surface area contributed by atoms with E-state index in [9.17, 15) is 9.59 Å². The summed E-state index contributed by atoms with van der Waals surface area (Å²) in [5.41, 5.74) is 6.12. The molecule has 0 aromatic carbocycles. The third-order valence-electron chi connectivity index (χ3n) is 3.75. The number of hydrogen-bond donors (Lipinski definition) is 2. The summed E-state index contributed by atoms with van der Waals surface area (Å²) in [6, 6.07) is 6.72. The number of pyridine rings is 1. The standard InChI is InChI=1S/C16H18N4O2S/c17-15-11(3-1-7-19-15)14(21)12-4-5-13(23-12)16(22)20-9-2-6-18-8-10-20/h1,3-5,7,18H,2,6,8-10H2,(H2,17,19). The number of nitrogens with one attached hydrogen (secondary N) is 1. The number of anilines is 1. The minimum Gasteiger partial charge on any atom is -0.383 e. The lowest BCUT2D eigenvalue weighted by Gasteiger charge is -2.18. The Labute approximate surface area is 138 Å². The van der Waals surface area contributed by atoms with E-state index in [1.807, 2.05) is 4.90 Å². The fourth-order valence-electron chi connectivity index (χ4n) is 2.52. The molecular weight excluding hydrogens is 312 g/mol. The molecule has 0 aliphatic carbocycles. The third kappa shape index (κ3) is 3.40. The second kappa shape index (κ2) is 6.89. The normalized spacial score (nSPS) is 15.2. The van der Waals surface area contributed by atoms with Crippen LogP contribution in [0.2, 0.25) is 0 Å². The number of nitrogens with two attached hydrogens (primary N) is 1. The monoisotopic (exact) mass is 330 g/mol. The minimum atomic E-state index is -0.197. The number of nitrogen functional groups attached to an aromatic ring is 1. The number of thiophene rings is 1. The van der Waals surface area contributed by atoms with Crippen molar-refractivity contribution < 1.29 is 9.59 Å². The van der Waals surface area contributed by atoms with Crippen molar-refractivity contribution in [1.82, 2.24) is 15.2 Å². The van der Waals surface area contributed by atoms with Crippen molar-refractivity contribution >= 4 is 28.8 Å². The highest BCUT2D eigenvalue weighted by atomic mass is 32.1. The van der Waals surface area contributed by atoms with Gasteiger partial charge >= 0.3 is 0 Å². The Kier molecular flexibility index (Phi) is 4.68. The zero-order valence-corrected chi connectivity index (χ0v) is 13.4. The quantitative estimate of drug-likeness (QED) is 0.830.